The summed E-state index contributed by atoms with van der Waals surface area (Å²) in [4.78, 5) is 2.23. The standard InChI is InChI=1S/C7H15NO/c1-6(9)7-4-3-5-8(7)2/h6-7,9H,3-5H2,1-2H3/t6-,7+/m0/s1. The number of aliphatic hydroxyl groups excluding tert-OH is 1. The number of nitrogens with zero attached hydrogens (tertiary/aromatic N) is 1. The Labute approximate surface area is 56.5 Å². The lowest BCUT2D eigenvalue weighted by molar-refractivity contribution is 0.101. The summed E-state index contributed by atoms with van der Waals surface area (Å²) in [6.07, 6.45) is 2.25. The molecule has 1 fully saturated rings. The van der Waals surface area contributed by atoms with E-state index < -0.39 is 0 Å². The molecule has 0 radical (unpaired) electrons. The third-order valence-electron chi connectivity index (χ3n) is 2.13. The molecule has 0 aromatic heterocycles. The van der Waals surface area contributed by atoms with Gasteiger partial charge in [-0.1, -0.05) is 0 Å². The van der Waals surface area contributed by atoms with Crippen molar-refractivity contribution < 1.29 is 5.11 Å². The van der Waals surface area contributed by atoms with Gasteiger partial charge in [-0.3, -0.25) is 0 Å². The van der Waals surface area contributed by atoms with Crippen molar-refractivity contribution in [2.45, 2.75) is 31.9 Å². The summed E-state index contributed by atoms with van der Waals surface area (Å²) in [5.74, 6) is 0. The summed E-state index contributed by atoms with van der Waals surface area (Å²) in [5.41, 5.74) is 0. The van der Waals surface area contributed by atoms with Crippen LogP contribution in [0.4, 0.5) is 0 Å². The number of likely N-dealkylation sites (N-methyl/N-ethyl adjacent to an activating group) is 1. The molecule has 0 aromatic carbocycles. The largest absolute Gasteiger partial charge is 0.392 e. The number of hydrogen-bond donors (Lipinski definition) is 1. The fourth-order valence-electron chi connectivity index (χ4n) is 1.55. The van der Waals surface area contributed by atoms with Gasteiger partial charge in [0.2, 0.25) is 0 Å². The molecule has 0 unspecified atom stereocenters. The molecule has 1 aliphatic rings. The normalized spacial score (nSPS) is 33.0. The molecule has 1 rings (SSSR count). The zero-order valence-electron chi connectivity index (χ0n) is 6.17. The van der Waals surface area contributed by atoms with Gasteiger partial charge >= 0.3 is 0 Å². The smallest absolute Gasteiger partial charge is 0.0667 e. The first kappa shape index (κ1) is 7.03. The van der Waals surface area contributed by atoms with Gasteiger partial charge in [-0.25, -0.2) is 0 Å². The predicted molar refractivity (Wildman–Crippen MR) is 37.3 cm³/mol. The minimum atomic E-state index is -0.155. The summed E-state index contributed by atoms with van der Waals surface area (Å²) in [6, 6.07) is 0.421. The summed E-state index contributed by atoms with van der Waals surface area (Å²) < 4.78 is 0. The van der Waals surface area contributed by atoms with Crippen LogP contribution >= 0.6 is 0 Å². The van der Waals surface area contributed by atoms with Gasteiger partial charge < -0.3 is 10.0 Å². The second kappa shape index (κ2) is 2.67. The van der Waals surface area contributed by atoms with Crippen LogP contribution in [0.15, 0.2) is 0 Å². The van der Waals surface area contributed by atoms with E-state index in [1.54, 1.807) is 0 Å². The van der Waals surface area contributed by atoms with Gasteiger partial charge in [0.25, 0.3) is 0 Å². The molecule has 1 saturated heterocycles. The molecule has 54 valence electrons. The van der Waals surface area contributed by atoms with E-state index in [-0.39, 0.29) is 6.10 Å². The Morgan fingerprint density at radius 1 is 1.67 bits per heavy atom. The fourth-order valence-corrected chi connectivity index (χ4v) is 1.55. The van der Waals surface area contributed by atoms with Crippen molar-refractivity contribution in [1.29, 1.82) is 0 Å². The molecule has 1 N–H and O–H groups in total. The first-order valence-corrected chi connectivity index (χ1v) is 3.60. The van der Waals surface area contributed by atoms with Gasteiger partial charge in [-0.05, 0) is 33.4 Å². The molecule has 0 bridgehead atoms. The van der Waals surface area contributed by atoms with Crippen LogP contribution in [-0.4, -0.2) is 35.7 Å². The van der Waals surface area contributed by atoms with Crippen molar-refractivity contribution in [3.05, 3.63) is 0 Å². The third kappa shape index (κ3) is 1.43. The van der Waals surface area contributed by atoms with E-state index in [9.17, 15) is 5.11 Å². The zero-order chi connectivity index (χ0) is 6.85. The summed E-state index contributed by atoms with van der Waals surface area (Å²) in [7, 11) is 2.07. The highest BCUT2D eigenvalue weighted by atomic mass is 16.3. The first-order chi connectivity index (χ1) is 4.22. The van der Waals surface area contributed by atoms with Crippen LogP contribution in [0.25, 0.3) is 0 Å². The van der Waals surface area contributed by atoms with Crippen LogP contribution in [0.1, 0.15) is 19.8 Å². The fraction of sp³-hybridized carbons (Fsp3) is 1.00. The number of rotatable bonds is 1. The second-order valence-electron chi connectivity index (χ2n) is 2.93. The number of hydrogen-bond acceptors (Lipinski definition) is 2. The lowest BCUT2D eigenvalue weighted by atomic mass is 10.1. The highest BCUT2D eigenvalue weighted by Crippen LogP contribution is 2.17. The van der Waals surface area contributed by atoms with Crippen LogP contribution in [0, 0.1) is 0 Å². The van der Waals surface area contributed by atoms with Crippen LogP contribution in [-0.2, 0) is 0 Å². The Balaban J connectivity index is 2.40. The van der Waals surface area contributed by atoms with Crippen LogP contribution in [0.2, 0.25) is 0 Å². The lowest BCUT2D eigenvalue weighted by Gasteiger charge is -2.21. The Bertz CT molecular complexity index is 92.9. The SMILES string of the molecule is C[C@H](O)[C@H]1CCCN1C. The Morgan fingerprint density at radius 2 is 2.33 bits per heavy atom. The second-order valence-corrected chi connectivity index (χ2v) is 2.93. The topological polar surface area (TPSA) is 23.5 Å². The molecule has 9 heavy (non-hydrogen) atoms. The molecule has 2 heteroatoms. The molecule has 0 amide bonds. The van der Waals surface area contributed by atoms with Gasteiger partial charge in [-0.15, -0.1) is 0 Å². The van der Waals surface area contributed by atoms with Crippen molar-refractivity contribution in [2.75, 3.05) is 13.6 Å². The van der Waals surface area contributed by atoms with Gasteiger partial charge in [0, 0.05) is 6.04 Å². The summed E-state index contributed by atoms with van der Waals surface area (Å²) in [5, 5.41) is 9.18. The molecule has 2 atom stereocenters. The maximum atomic E-state index is 9.18. The summed E-state index contributed by atoms with van der Waals surface area (Å²) >= 11 is 0. The van der Waals surface area contributed by atoms with Crippen LogP contribution in [0.3, 0.4) is 0 Å². The van der Waals surface area contributed by atoms with Gasteiger partial charge in [0.1, 0.15) is 0 Å². The van der Waals surface area contributed by atoms with Crippen molar-refractivity contribution in [1.82, 2.24) is 4.90 Å². The number of likely N-dealkylation sites (tertiary alicyclic amines) is 1. The maximum Gasteiger partial charge on any atom is 0.0667 e. The van der Waals surface area contributed by atoms with Crippen molar-refractivity contribution in [2.24, 2.45) is 0 Å². The minimum absolute atomic E-state index is 0.155. The van der Waals surface area contributed by atoms with Crippen molar-refractivity contribution in [3.63, 3.8) is 0 Å². The Hall–Kier alpha value is -0.0800. The molecule has 0 aromatic rings. The monoisotopic (exact) mass is 129 g/mol. The van der Waals surface area contributed by atoms with E-state index in [2.05, 4.69) is 11.9 Å². The number of aliphatic hydroxyl groups is 1. The molecule has 2 nitrogen and oxygen atoms in total. The maximum absolute atomic E-state index is 9.18. The molecule has 1 aliphatic heterocycles. The molecule has 0 aliphatic carbocycles. The van der Waals surface area contributed by atoms with Crippen molar-refractivity contribution >= 4 is 0 Å². The van der Waals surface area contributed by atoms with Crippen molar-refractivity contribution in [3.8, 4) is 0 Å². The van der Waals surface area contributed by atoms with E-state index in [0.29, 0.717) is 6.04 Å². The zero-order valence-corrected chi connectivity index (χ0v) is 6.17. The predicted octanol–water partition coefficient (Wildman–Crippen LogP) is 0.461. The van der Waals surface area contributed by atoms with E-state index in [4.69, 9.17) is 0 Å². The van der Waals surface area contributed by atoms with Gasteiger partial charge in [-0.2, -0.15) is 0 Å². The van der Waals surface area contributed by atoms with Crippen LogP contribution in [0.5, 0.6) is 0 Å². The minimum Gasteiger partial charge on any atom is -0.392 e. The molecule has 0 saturated carbocycles. The quantitative estimate of drug-likeness (QED) is 0.556. The Kier molecular flexibility index (Phi) is 2.09. The van der Waals surface area contributed by atoms with E-state index in [0.717, 1.165) is 13.0 Å². The highest BCUT2D eigenvalue weighted by Gasteiger charge is 2.24. The van der Waals surface area contributed by atoms with E-state index in [1.165, 1.54) is 6.42 Å². The first-order valence-electron chi connectivity index (χ1n) is 3.60. The molecule has 0 spiro atoms. The van der Waals surface area contributed by atoms with Gasteiger partial charge in [0.05, 0.1) is 6.10 Å². The lowest BCUT2D eigenvalue weighted by Crippen LogP contribution is -2.34. The summed E-state index contributed by atoms with van der Waals surface area (Å²) in [6.45, 7) is 3.02. The average molecular weight is 129 g/mol. The highest BCUT2D eigenvalue weighted by molar-refractivity contribution is 4.79. The molecular weight excluding hydrogens is 114 g/mol. The molecule has 1 heterocycles. The third-order valence-corrected chi connectivity index (χ3v) is 2.13. The van der Waals surface area contributed by atoms with E-state index in [1.807, 2.05) is 6.92 Å². The average Bonchev–Trinajstić information content (AvgIpc) is 2.13. The van der Waals surface area contributed by atoms with Crippen LogP contribution < -0.4 is 0 Å². The Morgan fingerprint density at radius 3 is 2.56 bits per heavy atom. The molecular formula is C7H15NO. The van der Waals surface area contributed by atoms with Gasteiger partial charge in [0.15, 0.2) is 0 Å². The van der Waals surface area contributed by atoms with E-state index >= 15 is 0 Å².